The average molecular weight is 220 g/mol. The Morgan fingerprint density at radius 3 is 1.29 bits per heavy atom. The second-order valence-electron chi connectivity index (χ2n) is 3.37. The Morgan fingerprint density at radius 1 is 0.647 bits per heavy atom. The van der Waals surface area contributed by atoms with E-state index in [4.69, 9.17) is 15.3 Å². The highest BCUT2D eigenvalue weighted by molar-refractivity contribution is 5.39. The zero-order valence-corrected chi connectivity index (χ0v) is 8.92. The van der Waals surface area contributed by atoms with Gasteiger partial charge in [-0.25, -0.2) is 0 Å². The summed E-state index contributed by atoms with van der Waals surface area (Å²) < 4.78 is 5.56. The largest absolute Gasteiger partial charge is 0.457 e. The van der Waals surface area contributed by atoms with E-state index in [9.17, 15) is 0 Å². The minimum Gasteiger partial charge on any atom is -0.457 e. The third-order valence-corrected chi connectivity index (χ3v) is 2.20. The zero-order valence-electron chi connectivity index (χ0n) is 8.92. The van der Waals surface area contributed by atoms with Crippen molar-refractivity contribution in [2.24, 2.45) is 0 Å². The van der Waals surface area contributed by atoms with Crippen LogP contribution in [-0.2, 0) is 0 Å². The summed E-state index contributed by atoms with van der Waals surface area (Å²) in [5, 5.41) is 17.3. The molecule has 0 heterocycles. The highest BCUT2D eigenvalue weighted by Crippen LogP contribution is 2.21. The molecule has 2 aromatic carbocycles. The van der Waals surface area contributed by atoms with Crippen LogP contribution in [0.25, 0.3) is 0 Å². The number of nitriles is 2. The van der Waals surface area contributed by atoms with E-state index in [0.717, 1.165) is 0 Å². The molecular formula is C14H8N2O. The molecule has 0 saturated carbocycles. The van der Waals surface area contributed by atoms with E-state index in [1.165, 1.54) is 0 Å². The molecule has 0 aliphatic heterocycles. The molecule has 0 bridgehead atoms. The van der Waals surface area contributed by atoms with Gasteiger partial charge in [-0.3, -0.25) is 0 Å². The summed E-state index contributed by atoms with van der Waals surface area (Å²) in [6.45, 7) is 0. The van der Waals surface area contributed by atoms with Crippen molar-refractivity contribution in [3.8, 4) is 23.6 Å². The summed E-state index contributed by atoms with van der Waals surface area (Å²) in [6, 6.07) is 17.8. The molecule has 0 N–H and O–H groups in total. The van der Waals surface area contributed by atoms with Crippen LogP contribution in [0.15, 0.2) is 48.5 Å². The lowest BCUT2D eigenvalue weighted by Crippen LogP contribution is -1.84. The second kappa shape index (κ2) is 4.83. The standard InChI is InChI=1S/C14H8N2O/c15-9-11-1-5-13(6-2-11)17-14-7-3-12(10-16)4-8-14/h1-8H. The smallest absolute Gasteiger partial charge is 0.127 e. The fraction of sp³-hybridized carbons (Fsp3) is 0. The van der Waals surface area contributed by atoms with Gasteiger partial charge >= 0.3 is 0 Å². The first-order valence-electron chi connectivity index (χ1n) is 5.00. The van der Waals surface area contributed by atoms with Crippen molar-refractivity contribution in [1.82, 2.24) is 0 Å². The highest BCUT2D eigenvalue weighted by Gasteiger charge is 1.98. The quantitative estimate of drug-likeness (QED) is 0.780. The fourth-order valence-corrected chi connectivity index (χ4v) is 1.33. The average Bonchev–Trinajstić information content (AvgIpc) is 2.40. The number of rotatable bonds is 2. The molecule has 17 heavy (non-hydrogen) atoms. The first-order chi connectivity index (χ1) is 8.31. The lowest BCUT2D eigenvalue weighted by Gasteiger charge is -2.05. The summed E-state index contributed by atoms with van der Waals surface area (Å²) in [5.74, 6) is 1.32. The van der Waals surface area contributed by atoms with Crippen LogP contribution in [0.3, 0.4) is 0 Å². The Bertz CT molecular complexity index is 531. The summed E-state index contributed by atoms with van der Waals surface area (Å²) in [7, 11) is 0. The van der Waals surface area contributed by atoms with E-state index in [1.807, 2.05) is 12.1 Å². The number of ether oxygens (including phenoxy) is 1. The van der Waals surface area contributed by atoms with Crippen LogP contribution in [0.1, 0.15) is 11.1 Å². The van der Waals surface area contributed by atoms with E-state index in [-0.39, 0.29) is 0 Å². The molecule has 0 aromatic heterocycles. The molecule has 0 aliphatic carbocycles. The van der Waals surface area contributed by atoms with Crippen molar-refractivity contribution in [3.63, 3.8) is 0 Å². The molecule has 0 spiro atoms. The third kappa shape index (κ3) is 2.62. The maximum Gasteiger partial charge on any atom is 0.127 e. The van der Waals surface area contributed by atoms with Gasteiger partial charge in [-0.05, 0) is 48.5 Å². The van der Waals surface area contributed by atoms with Gasteiger partial charge in [-0.15, -0.1) is 0 Å². The van der Waals surface area contributed by atoms with Crippen LogP contribution in [0.4, 0.5) is 0 Å². The van der Waals surface area contributed by atoms with Gasteiger partial charge in [0.05, 0.1) is 23.3 Å². The Balaban J connectivity index is 2.14. The Hall–Kier alpha value is -2.78. The van der Waals surface area contributed by atoms with Crippen LogP contribution >= 0.6 is 0 Å². The van der Waals surface area contributed by atoms with Crippen LogP contribution in [-0.4, -0.2) is 0 Å². The Kier molecular flexibility index (Phi) is 3.05. The van der Waals surface area contributed by atoms with Gasteiger partial charge in [0.1, 0.15) is 11.5 Å². The van der Waals surface area contributed by atoms with Crippen LogP contribution in [0.2, 0.25) is 0 Å². The van der Waals surface area contributed by atoms with Gasteiger partial charge in [0.2, 0.25) is 0 Å². The summed E-state index contributed by atoms with van der Waals surface area (Å²) >= 11 is 0. The zero-order chi connectivity index (χ0) is 12.1. The number of benzene rings is 2. The van der Waals surface area contributed by atoms with Gasteiger partial charge in [-0.2, -0.15) is 10.5 Å². The fourth-order valence-electron chi connectivity index (χ4n) is 1.33. The van der Waals surface area contributed by atoms with Gasteiger partial charge in [0.25, 0.3) is 0 Å². The number of hydrogen-bond acceptors (Lipinski definition) is 3. The Morgan fingerprint density at radius 2 is 1.00 bits per heavy atom. The molecule has 0 radical (unpaired) electrons. The molecule has 2 rings (SSSR count). The number of nitrogens with zero attached hydrogens (tertiary/aromatic N) is 2. The first-order valence-corrected chi connectivity index (χ1v) is 5.00. The van der Waals surface area contributed by atoms with Crippen molar-refractivity contribution in [2.75, 3.05) is 0 Å². The second-order valence-corrected chi connectivity index (χ2v) is 3.37. The molecule has 0 amide bonds. The minimum atomic E-state index is 0.595. The molecule has 0 atom stereocenters. The third-order valence-electron chi connectivity index (χ3n) is 2.20. The summed E-state index contributed by atoms with van der Waals surface area (Å²) in [5.41, 5.74) is 1.19. The lowest BCUT2D eigenvalue weighted by molar-refractivity contribution is 0.482. The van der Waals surface area contributed by atoms with E-state index in [2.05, 4.69) is 0 Å². The van der Waals surface area contributed by atoms with Crippen LogP contribution in [0, 0.1) is 22.7 Å². The normalized spacial score (nSPS) is 9.06. The summed E-state index contributed by atoms with van der Waals surface area (Å²) in [6.07, 6.45) is 0. The topological polar surface area (TPSA) is 56.8 Å². The van der Waals surface area contributed by atoms with E-state index in [1.54, 1.807) is 48.5 Å². The van der Waals surface area contributed by atoms with Gasteiger partial charge in [0, 0.05) is 0 Å². The molecule has 0 fully saturated rings. The van der Waals surface area contributed by atoms with Gasteiger partial charge in [-0.1, -0.05) is 0 Å². The van der Waals surface area contributed by atoms with Crippen LogP contribution in [0.5, 0.6) is 11.5 Å². The van der Waals surface area contributed by atoms with Crippen molar-refractivity contribution in [2.45, 2.75) is 0 Å². The summed E-state index contributed by atoms with van der Waals surface area (Å²) in [4.78, 5) is 0. The maximum absolute atomic E-state index is 8.65. The monoisotopic (exact) mass is 220 g/mol. The van der Waals surface area contributed by atoms with Crippen molar-refractivity contribution in [3.05, 3.63) is 59.7 Å². The lowest BCUT2D eigenvalue weighted by atomic mass is 10.2. The molecule has 3 nitrogen and oxygen atoms in total. The van der Waals surface area contributed by atoms with E-state index in [0.29, 0.717) is 22.6 Å². The number of hydrogen-bond donors (Lipinski definition) is 0. The van der Waals surface area contributed by atoms with Crippen molar-refractivity contribution in [1.29, 1.82) is 10.5 Å². The predicted octanol–water partition coefficient (Wildman–Crippen LogP) is 3.22. The predicted molar refractivity (Wildman–Crippen MR) is 62.4 cm³/mol. The molecular weight excluding hydrogens is 212 g/mol. The molecule has 2 aromatic rings. The SMILES string of the molecule is N#Cc1ccc(Oc2ccc(C#N)cc2)cc1. The molecule has 80 valence electrons. The molecule has 0 aliphatic rings. The van der Waals surface area contributed by atoms with Crippen molar-refractivity contribution >= 4 is 0 Å². The van der Waals surface area contributed by atoms with E-state index < -0.39 is 0 Å². The molecule has 0 saturated heterocycles. The van der Waals surface area contributed by atoms with Gasteiger partial charge in [0.15, 0.2) is 0 Å². The highest BCUT2D eigenvalue weighted by atomic mass is 16.5. The minimum absolute atomic E-state index is 0.595. The van der Waals surface area contributed by atoms with Crippen LogP contribution < -0.4 is 4.74 Å². The molecule has 3 heteroatoms. The molecule has 0 unspecified atom stereocenters. The van der Waals surface area contributed by atoms with Gasteiger partial charge < -0.3 is 4.74 Å². The Labute approximate surface area is 99.1 Å². The first kappa shape index (κ1) is 10.7. The maximum atomic E-state index is 8.65. The van der Waals surface area contributed by atoms with Crippen molar-refractivity contribution < 1.29 is 4.74 Å². The van der Waals surface area contributed by atoms with E-state index >= 15 is 0 Å².